The summed E-state index contributed by atoms with van der Waals surface area (Å²) >= 11 is 0. The van der Waals surface area contributed by atoms with Gasteiger partial charge >= 0.3 is 0 Å². The average molecular weight is 742 g/mol. The standard InChI is InChI=1S/C53H35N5/c1-5-18-37(19-6-1)47-35-48(38-20-7-2-8-21-38)55-52(54-47)44-29-16-27-42(34-44)41-26-15-28-43(33-41)49-45-30-14-13-17-36(45)31-32-46(49)53-57-50(39-22-9-3-10-23-39)56-51(58-53)40-24-11-4-12-25-40/h1-35H. The summed E-state index contributed by atoms with van der Waals surface area (Å²) in [5, 5.41) is 2.26. The summed E-state index contributed by atoms with van der Waals surface area (Å²) in [6.07, 6.45) is 0. The van der Waals surface area contributed by atoms with E-state index < -0.39 is 0 Å². The topological polar surface area (TPSA) is 64.5 Å². The molecule has 5 heteroatoms. The molecular weight excluding hydrogens is 707 g/mol. The zero-order valence-electron chi connectivity index (χ0n) is 31.4. The highest BCUT2D eigenvalue weighted by Gasteiger charge is 2.19. The van der Waals surface area contributed by atoms with Crippen LogP contribution < -0.4 is 0 Å². The number of aromatic nitrogens is 5. The second-order valence-electron chi connectivity index (χ2n) is 14.1. The monoisotopic (exact) mass is 741 g/mol. The molecule has 0 amide bonds. The molecule has 0 spiro atoms. The van der Waals surface area contributed by atoms with Crippen molar-refractivity contribution in [3.63, 3.8) is 0 Å². The molecule has 0 saturated carbocycles. The van der Waals surface area contributed by atoms with Gasteiger partial charge in [0, 0.05) is 38.9 Å². The highest BCUT2D eigenvalue weighted by atomic mass is 15.0. The molecular formula is C53H35N5. The Kier molecular flexibility index (Phi) is 9.14. The fourth-order valence-electron chi connectivity index (χ4n) is 7.48. The van der Waals surface area contributed by atoms with Gasteiger partial charge in [-0.15, -0.1) is 0 Å². The summed E-state index contributed by atoms with van der Waals surface area (Å²) in [7, 11) is 0. The zero-order valence-corrected chi connectivity index (χ0v) is 31.4. The van der Waals surface area contributed by atoms with Crippen LogP contribution in [0.25, 0.3) is 101 Å². The molecule has 0 aliphatic rings. The van der Waals surface area contributed by atoms with Crippen LogP contribution in [-0.2, 0) is 0 Å². The zero-order chi connectivity index (χ0) is 38.7. The summed E-state index contributed by atoms with van der Waals surface area (Å²) in [6.45, 7) is 0. The van der Waals surface area contributed by atoms with E-state index in [1.165, 1.54) is 0 Å². The first-order chi connectivity index (χ1) is 28.7. The Hall–Kier alpha value is -7.89. The fourth-order valence-corrected chi connectivity index (χ4v) is 7.48. The van der Waals surface area contributed by atoms with Crippen LogP contribution >= 0.6 is 0 Å². The normalized spacial score (nSPS) is 11.1. The van der Waals surface area contributed by atoms with Gasteiger partial charge in [-0.2, -0.15) is 0 Å². The molecule has 2 heterocycles. The van der Waals surface area contributed by atoms with Crippen molar-refractivity contribution in [1.29, 1.82) is 0 Å². The van der Waals surface area contributed by atoms with E-state index in [0.717, 1.165) is 77.8 Å². The Labute approximate surface area is 337 Å². The molecule has 0 aliphatic carbocycles. The molecule has 0 aliphatic heterocycles. The van der Waals surface area contributed by atoms with Crippen molar-refractivity contribution in [2.24, 2.45) is 0 Å². The Morgan fingerprint density at radius 2 is 0.655 bits per heavy atom. The van der Waals surface area contributed by atoms with Crippen LogP contribution in [0.5, 0.6) is 0 Å². The van der Waals surface area contributed by atoms with E-state index in [1.807, 2.05) is 97.1 Å². The minimum Gasteiger partial charge on any atom is -0.228 e. The quantitative estimate of drug-likeness (QED) is 0.155. The predicted molar refractivity (Wildman–Crippen MR) is 236 cm³/mol. The fraction of sp³-hybridized carbons (Fsp3) is 0. The van der Waals surface area contributed by atoms with Crippen LogP contribution in [0.15, 0.2) is 212 Å². The van der Waals surface area contributed by atoms with Crippen molar-refractivity contribution in [3.05, 3.63) is 212 Å². The number of nitrogens with zero attached hydrogens (tertiary/aromatic N) is 5. The molecule has 58 heavy (non-hydrogen) atoms. The highest BCUT2D eigenvalue weighted by molar-refractivity contribution is 6.04. The van der Waals surface area contributed by atoms with Gasteiger partial charge in [0.2, 0.25) is 0 Å². The number of hydrogen-bond donors (Lipinski definition) is 0. The molecule has 0 bridgehead atoms. The lowest BCUT2D eigenvalue weighted by molar-refractivity contribution is 1.07. The Bertz CT molecular complexity index is 2930. The number of rotatable bonds is 8. The third-order valence-corrected chi connectivity index (χ3v) is 10.3. The van der Waals surface area contributed by atoms with E-state index in [4.69, 9.17) is 24.9 Å². The minimum absolute atomic E-state index is 0.616. The molecule has 2 aromatic heterocycles. The largest absolute Gasteiger partial charge is 0.228 e. The van der Waals surface area contributed by atoms with Crippen LogP contribution in [-0.4, -0.2) is 24.9 Å². The lowest BCUT2D eigenvalue weighted by Gasteiger charge is -2.16. The van der Waals surface area contributed by atoms with Gasteiger partial charge in [0.25, 0.3) is 0 Å². The SMILES string of the molecule is c1ccc(-c2cc(-c3ccccc3)nc(-c3cccc(-c4cccc(-c5c(-c6nc(-c7ccccc7)nc(-c7ccccc7)n6)ccc6ccccc56)c4)c3)n2)cc1. The molecule has 5 nitrogen and oxygen atoms in total. The number of hydrogen-bond acceptors (Lipinski definition) is 5. The summed E-state index contributed by atoms with van der Waals surface area (Å²) in [6, 6.07) is 72.9. The molecule has 8 aromatic carbocycles. The molecule has 0 saturated heterocycles. The van der Waals surface area contributed by atoms with Crippen LogP contribution in [0.3, 0.4) is 0 Å². The molecule has 272 valence electrons. The van der Waals surface area contributed by atoms with Crippen molar-refractivity contribution >= 4 is 10.8 Å². The number of benzene rings is 8. The lowest BCUT2D eigenvalue weighted by atomic mass is 9.90. The molecule has 0 atom stereocenters. The van der Waals surface area contributed by atoms with Gasteiger partial charge in [0.1, 0.15) is 0 Å². The third kappa shape index (κ3) is 6.93. The molecule has 0 unspecified atom stereocenters. The van der Waals surface area contributed by atoms with Crippen molar-refractivity contribution in [3.8, 4) is 90.3 Å². The Balaban J connectivity index is 1.11. The molecule has 0 fully saturated rings. The maximum absolute atomic E-state index is 5.14. The molecule has 0 N–H and O–H groups in total. The second kappa shape index (κ2) is 15.3. The van der Waals surface area contributed by atoms with E-state index in [0.29, 0.717) is 23.3 Å². The van der Waals surface area contributed by atoms with Crippen molar-refractivity contribution < 1.29 is 0 Å². The van der Waals surface area contributed by atoms with Gasteiger partial charge in [-0.05, 0) is 51.7 Å². The maximum atomic E-state index is 5.14. The van der Waals surface area contributed by atoms with Gasteiger partial charge in [0.15, 0.2) is 23.3 Å². The first-order valence-electron chi connectivity index (χ1n) is 19.3. The third-order valence-electron chi connectivity index (χ3n) is 10.3. The van der Waals surface area contributed by atoms with Crippen molar-refractivity contribution in [2.45, 2.75) is 0 Å². The van der Waals surface area contributed by atoms with Gasteiger partial charge in [0.05, 0.1) is 11.4 Å². The van der Waals surface area contributed by atoms with Crippen LogP contribution in [0, 0.1) is 0 Å². The Morgan fingerprint density at radius 1 is 0.241 bits per heavy atom. The van der Waals surface area contributed by atoms with E-state index >= 15 is 0 Å². The van der Waals surface area contributed by atoms with E-state index in [9.17, 15) is 0 Å². The van der Waals surface area contributed by atoms with E-state index in [-0.39, 0.29) is 0 Å². The van der Waals surface area contributed by atoms with E-state index in [1.54, 1.807) is 0 Å². The summed E-state index contributed by atoms with van der Waals surface area (Å²) < 4.78 is 0. The second-order valence-corrected chi connectivity index (χ2v) is 14.1. The lowest BCUT2D eigenvalue weighted by Crippen LogP contribution is -2.01. The summed E-state index contributed by atoms with van der Waals surface area (Å²) in [4.78, 5) is 25.5. The summed E-state index contributed by atoms with van der Waals surface area (Å²) in [5.41, 5.74) is 11.8. The average Bonchev–Trinajstić information content (AvgIpc) is 3.32. The van der Waals surface area contributed by atoms with Crippen LogP contribution in [0.1, 0.15) is 0 Å². The van der Waals surface area contributed by atoms with Gasteiger partial charge in [-0.25, -0.2) is 24.9 Å². The smallest absolute Gasteiger partial charge is 0.164 e. The molecule has 10 aromatic rings. The van der Waals surface area contributed by atoms with Crippen molar-refractivity contribution in [1.82, 2.24) is 24.9 Å². The van der Waals surface area contributed by atoms with Crippen LogP contribution in [0.4, 0.5) is 0 Å². The first-order valence-corrected chi connectivity index (χ1v) is 19.3. The highest BCUT2D eigenvalue weighted by Crippen LogP contribution is 2.40. The predicted octanol–water partition coefficient (Wildman–Crippen LogP) is 13.2. The molecule has 10 rings (SSSR count). The van der Waals surface area contributed by atoms with Crippen LogP contribution in [0.2, 0.25) is 0 Å². The van der Waals surface area contributed by atoms with Gasteiger partial charge in [-0.1, -0.05) is 188 Å². The van der Waals surface area contributed by atoms with Gasteiger partial charge < -0.3 is 0 Å². The maximum Gasteiger partial charge on any atom is 0.164 e. The minimum atomic E-state index is 0.616. The number of fused-ring (bicyclic) bond motifs is 1. The van der Waals surface area contributed by atoms with E-state index in [2.05, 4.69) is 115 Å². The Morgan fingerprint density at radius 3 is 1.22 bits per heavy atom. The summed E-state index contributed by atoms with van der Waals surface area (Å²) in [5.74, 6) is 2.55. The van der Waals surface area contributed by atoms with Crippen molar-refractivity contribution in [2.75, 3.05) is 0 Å². The molecule has 0 radical (unpaired) electrons. The first kappa shape index (κ1) is 34.6. The van der Waals surface area contributed by atoms with Gasteiger partial charge in [-0.3, -0.25) is 0 Å².